The number of nitrogens with zero attached hydrogens (tertiary/aromatic N) is 1. The molecule has 2 aromatic carbocycles. The molecule has 0 saturated carbocycles. The smallest absolute Gasteiger partial charge is 0.337 e. The fourth-order valence-electron chi connectivity index (χ4n) is 2.59. The number of benzene rings is 2. The number of ketones is 1. The number of hydrogen-bond donors (Lipinski definition) is 2. The predicted molar refractivity (Wildman–Crippen MR) is 110 cm³/mol. The molecule has 0 fully saturated rings. The molecule has 0 bridgehead atoms. The molecule has 0 spiro atoms. The van der Waals surface area contributed by atoms with Crippen molar-refractivity contribution in [1.29, 1.82) is 0 Å². The highest BCUT2D eigenvalue weighted by atomic mass is 16.5. The van der Waals surface area contributed by atoms with E-state index < -0.39 is 5.97 Å². The molecule has 0 saturated heterocycles. The molecule has 1 heterocycles. The van der Waals surface area contributed by atoms with Crippen molar-refractivity contribution in [2.75, 3.05) is 17.7 Å². The summed E-state index contributed by atoms with van der Waals surface area (Å²) in [6, 6.07) is 16.8. The van der Waals surface area contributed by atoms with Crippen LogP contribution in [0.3, 0.4) is 0 Å². The number of methoxy groups -OCH3 is 1. The molecular formula is C22H19N3O4. The van der Waals surface area contributed by atoms with E-state index in [1.807, 2.05) is 0 Å². The lowest BCUT2D eigenvalue weighted by Crippen LogP contribution is -2.13. The fraction of sp³-hybridized carbons (Fsp3) is 0.0909. The topological polar surface area (TPSA) is 97.4 Å². The second-order valence-electron chi connectivity index (χ2n) is 6.22. The number of nitrogens with one attached hydrogen (secondary N) is 2. The Balaban J connectivity index is 1.66. The number of esters is 1. The van der Waals surface area contributed by atoms with Crippen LogP contribution in [0.4, 0.5) is 17.1 Å². The summed E-state index contributed by atoms with van der Waals surface area (Å²) < 4.78 is 4.71. The molecule has 7 nitrogen and oxygen atoms in total. The minimum atomic E-state index is -0.421. The lowest BCUT2D eigenvalue weighted by Gasteiger charge is -2.09. The molecule has 1 aromatic heterocycles. The second kappa shape index (κ2) is 8.79. The molecule has 146 valence electrons. The second-order valence-corrected chi connectivity index (χ2v) is 6.22. The Morgan fingerprint density at radius 3 is 2.21 bits per heavy atom. The molecule has 0 aliphatic carbocycles. The maximum atomic E-state index is 12.3. The van der Waals surface area contributed by atoms with Gasteiger partial charge < -0.3 is 15.4 Å². The number of pyridine rings is 1. The molecule has 0 atom stereocenters. The van der Waals surface area contributed by atoms with Gasteiger partial charge in [0.15, 0.2) is 5.78 Å². The first-order valence-electron chi connectivity index (χ1n) is 8.80. The third-order valence-corrected chi connectivity index (χ3v) is 4.12. The van der Waals surface area contributed by atoms with Crippen LogP contribution < -0.4 is 10.6 Å². The minimum Gasteiger partial charge on any atom is -0.465 e. The van der Waals surface area contributed by atoms with Gasteiger partial charge in [0.25, 0.3) is 5.91 Å². The van der Waals surface area contributed by atoms with Gasteiger partial charge >= 0.3 is 5.97 Å². The Kier molecular flexibility index (Phi) is 5.99. The Hall–Kier alpha value is -4.00. The van der Waals surface area contributed by atoms with Gasteiger partial charge in [0, 0.05) is 16.9 Å². The summed E-state index contributed by atoms with van der Waals surface area (Å²) in [5.41, 5.74) is 3.18. The zero-order valence-corrected chi connectivity index (χ0v) is 15.9. The summed E-state index contributed by atoms with van der Waals surface area (Å²) >= 11 is 0. The summed E-state index contributed by atoms with van der Waals surface area (Å²) in [7, 11) is 1.33. The lowest BCUT2D eigenvalue weighted by molar-refractivity contribution is 0.0600. The van der Waals surface area contributed by atoms with Crippen molar-refractivity contribution >= 4 is 34.7 Å². The number of carbonyl (C=O) groups excluding carboxylic acids is 3. The summed E-state index contributed by atoms with van der Waals surface area (Å²) in [4.78, 5) is 39.4. The number of ether oxygens (including phenoxy) is 1. The average Bonchev–Trinajstić information content (AvgIpc) is 2.74. The van der Waals surface area contributed by atoms with Crippen molar-refractivity contribution in [2.45, 2.75) is 6.92 Å². The van der Waals surface area contributed by atoms with Gasteiger partial charge in [-0.05, 0) is 61.5 Å². The molecular weight excluding hydrogens is 370 g/mol. The highest BCUT2D eigenvalue weighted by Crippen LogP contribution is 2.18. The zero-order valence-electron chi connectivity index (χ0n) is 15.9. The lowest BCUT2D eigenvalue weighted by atomic mass is 10.1. The molecule has 7 heteroatoms. The van der Waals surface area contributed by atoms with E-state index in [0.717, 1.165) is 0 Å². The fourth-order valence-corrected chi connectivity index (χ4v) is 2.59. The van der Waals surface area contributed by atoms with Gasteiger partial charge in [-0.15, -0.1) is 0 Å². The standard InChI is InChI=1S/C22H19N3O4/c1-14(26)15-6-8-17(9-7-15)25-21(27)20-11-10-19(13-23-20)24-18-5-3-4-16(12-18)22(28)29-2/h3-13,24H,1-2H3,(H,25,27). The van der Waals surface area contributed by atoms with E-state index in [1.54, 1.807) is 60.7 Å². The monoisotopic (exact) mass is 389 g/mol. The van der Waals surface area contributed by atoms with Gasteiger partial charge in [-0.25, -0.2) is 9.78 Å². The predicted octanol–water partition coefficient (Wildman–Crippen LogP) is 4.07. The van der Waals surface area contributed by atoms with Gasteiger partial charge in [-0.1, -0.05) is 6.07 Å². The zero-order chi connectivity index (χ0) is 20.8. The van der Waals surface area contributed by atoms with E-state index in [2.05, 4.69) is 15.6 Å². The van der Waals surface area contributed by atoms with Crippen molar-refractivity contribution in [3.8, 4) is 0 Å². The summed E-state index contributed by atoms with van der Waals surface area (Å²) in [6.45, 7) is 1.48. The quantitative estimate of drug-likeness (QED) is 0.487. The summed E-state index contributed by atoms with van der Waals surface area (Å²) in [5.74, 6) is -0.820. The maximum absolute atomic E-state index is 12.3. The van der Waals surface area contributed by atoms with Crippen LogP contribution in [0.1, 0.15) is 38.1 Å². The molecule has 3 rings (SSSR count). The summed E-state index contributed by atoms with van der Waals surface area (Å²) in [5, 5.41) is 5.86. The number of amides is 1. The molecule has 0 radical (unpaired) electrons. The first-order valence-corrected chi connectivity index (χ1v) is 8.80. The van der Waals surface area contributed by atoms with Crippen LogP contribution in [0.5, 0.6) is 0 Å². The molecule has 1 amide bonds. The van der Waals surface area contributed by atoms with Gasteiger partial charge in [-0.2, -0.15) is 0 Å². The number of Topliss-reactive ketones (excluding diaryl/α,β-unsaturated/α-hetero) is 1. The first kappa shape index (κ1) is 19.8. The molecule has 0 aliphatic rings. The maximum Gasteiger partial charge on any atom is 0.337 e. The molecule has 3 aromatic rings. The van der Waals surface area contributed by atoms with Crippen LogP contribution in [0.25, 0.3) is 0 Å². The van der Waals surface area contributed by atoms with Crippen molar-refractivity contribution in [3.63, 3.8) is 0 Å². The van der Waals surface area contributed by atoms with Crippen LogP contribution >= 0.6 is 0 Å². The molecule has 0 unspecified atom stereocenters. The van der Waals surface area contributed by atoms with E-state index >= 15 is 0 Å². The average molecular weight is 389 g/mol. The third kappa shape index (κ3) is 5.04. The molecule has 0 aliphatic heterocycles. The van der Waals surface area contributed by atoms with Crippen LogP contribution in [-0.2, 0) is 4.74 Å². The third-order valence-electron chi connectivity index (χ3n) is 4.12. The van der Waals surface area contributed by atoms with E-state index in [0.29, 0.717) is 28.2 Å². The van der Waals surface area contributed by atoms with Crippen LogP contribution in [-0.4, -0.2) is 29.8 Å². The van der Waals surface area contributed by atoms with Crippen LogP contribution in [0.15, 0.2) is 66.9 Å². The number of carbonyl (C=O) groups is 3. The van der Waals surface area contributed by atoms with Gasteiger partial charge in [0.05, 0.1) is 24.6 Å². The highest BCUT2D eigenvalue weighted by Gasteiger charge is 2.09. The first-order chi connectivity index (χ1) is 14.0. The van der Waals surface area contributed by atoms with Crippen molar-refractivity contribution < 1.29 is 19.1 Å². The SMILES string of the molecule is COC(=O)c1cccc(Nc2ccc(C(=O)Nc3ccc(C(C)=O)cc3)nc2)c1. The Bertz CT molecular complexity index is 1040. The number of anilines is 3. The molecule has 2 N–H and O–H groups in total. The van der Waals surface area contributed by atoms with Gasteiger partial charge in [0.2, 0.25) is 0 Å². The highest BCUT2D eigenvalue weighted by molar-refractivity contribution is 6.03. The van der Waals surface area contributed by atoms with Gasteiger partial charge in [-0.3, -0.25) is 9.59 Å². The Morgan fingerprint density at radius 1 is 0.862 bits per heavy atom. The largest absolute Gasteiger partial charge is 0.465 e. The van der Waals surface area contributed by atoms with Crippen molar-refractivity contribution in [3.05, 3.63) is 83.7 Å². The van der Waals surface area contributed by atoms with E-state index in [-0.39, 0.29) is 17.4 Å². The number of hydrogen-bond acceptors (Lipinski definition) is 6. The minimum absolute atomic E-state index is 0.0373. The Morgan fingerprint density at radius 2 is 1.59 bits per heavy atom. The number of aromatic nitrogens is 1. The number of rotatable bonds is 6. The normalized spacial score (nSPS) is 10.1. The van der Waals surface area contributed by atoms with E-state index in [4.69, 9.17) is 4.74 Å². The van der Waals surface area contributed by atoms with Crippen LogP contribution in [0, 0.1) is 0 Å². The molecule has 29 heavy (non-hydrogen) atoms. The van der Waals surface area contributed by atoms with Crippen molar-refractivity contribution in [2.24, 2.45) is 0 Å². The van der Waals surface area contributed by atoms with Crippen LogP contribution in [0.2, 0.25) is 0 Å². The van der Waals surface area contributed by atoms with E-state index in [1.165, 1.54) is 20.2 Å². The summed E-state index contributed by atoms with van der Waals surface area (Å²) in [6.07, 6.45) is 1.53. The Labute approximate surface area is 167 Å². The van der Waals surface area contributed by atoms with E-state index in [9.17, 15) is 14.4 Å². The van der Waals surface area contributed by atoms with Crippen molar-refractivity contribution in [1.82, 2.24) is 4.98 Å². The van der Waals surface area contributed by atoms with Gasteiger partial charge in [0.1, 0.15) is 5.69 Å².